The largest absolute Gasteiger partial charge is 0.461 e. The zero-order chi connectivity index (χ0) is 18.1. The molecule has 1 aliphatic rings. The summed E-state index contributed by atoms with van der Waals surface area (Å²) in [5, 5.41) is 12.1. The molecular formula is C18H20N4O4. The standard InChI is InChI=1S/C18H20N4O4/c1-11(2)16-19-20-17(25-16)12-5-7-22(8-6-12)18(23)13-10-15(26-21-13)14-4-3-9-24-14/h3-4,9-12H,5-8H2,1-2H3. The van der Waals surface area contributed by atoms with Crippen LogP contribution in [0, 0.1) is 0 Å². The monoisotopic (exact) mass is 356 g/mol. The maximum Gasteiger partial charge on any atom is 0.276 e. The molecule has 0 atom stereocenters. The second kappa shape index (κ2) is 6.78. The van der Waals surface area contributed by atoms with Gasteiger partial charge in [-0.05, 0) is 25.0 Å². The van der Waals surface area contributed by atoms with Gasteiger partial charge >= 0.3 is 0 Å². The van der Waals surface area contributed by atoms with Gasteiger partial charge in [0.25, 0.3) is 5.91 Å². The normalized spacial score (nSPS) is 15.7. The number of aromatic nitrogens is 3. The van der Waals surface area contributed by atoms with Gasteiger partial charge in [0, 0.05) is 31.0 Å². The Morgan fingerprint density at radius 3 is 2.69 bits per heavy atom. The molecule has 0 bridgehead atoms. The Hall–Kier alpha value is -2.90. The lowest BCUT2D eigenvalue weighted by molar-refractivity contribution is 0.0695. The quantitative estimate of drug-likeness (QED) is 0.706. The summed E-state index contributed by atoms with van der Waals surface area (Å²) < 4.78 is 16.2. The highest BCUT2D eigenvalue weighted by atomic mass is 16.5. The molecule has 1 fully saturated rings. The average Bonchev–Trinajstić information content (AvgIpc) is 3.42. The van der Waals surface area contributed by atoms with E-state index >= 15 is 0 Å². The molecule has 136 valence electrons. The lowest BCUT2D eigenvalue weighted by Crippen LogP contribution is -2.38. The summed E-state index contributed by atoms with van der Waals surface area (Å²) in [6, 6.07) is 5.13. The highest BCUT2D eigenvalue weighted by Crippen LogP contribution is 2.29. The summed E-state index contributed by atoms with van der Waals surface area (Å²) in [6.07, 6.45) is 3.12. The summed E-state index contributed by atoms with van der Waals surface area (Å²) in [6.45, 7) is 5.28. The zero-order valence-corrected chi connectivity index (χ0v) is 14.7. The van der Waals surface area contributed by atoms with Gasteiger partial charge in [-0.1, -0.05) is 19.0 Å². The van der Waals surface area contributed by atoms with Crippen LogP contribution in [-0.4, -0.2) is 39.3 Å². The molecule has 0 saturated carbocycles. The van der Waals surface area contributed by atoms with E-state index in [1.54, 1.807) is 29.4 Å². The first kappa shape index (κ1) is 16.6. The third-order valence-electron chi connectivity index (χ3n) is 4.57. The van der Waals surface area contributed by atoms with Crippen molar-refractivity contribution in [2.45, 2.75) is 38.5 Å². The summed E-state index contributed by atoms with van der Waals surface area (Å²) in [7, 11) is 0. The van der Waals surface area contributed by atoms with Gasteiger partial charge in [-0.15, -0.1) is 10.2 Å². The van der Waals surface area contributed by atoms with E-state index in [-0.39, 0.29) is 23.4 Å². The van der Waals surface area contributed by atoms with E-state index in [4.69, 9.17) is 13.4 Å². The van der Waals surface area contributed by atoms with Gasteiger partial charge in [-0.2, -0.15) is 0 Å². The first-order chi connectivity index (χ1) is 12.6. The lowest BCUT2D eigenvalue weighted by atomic mass is 9.96. The maximum atomic E-state index is 12.6. The van der Waals surface area contributed by atoms with Gasteiger partial charge in [0.05, 0.1) is 6.26 Å². The summed E-state index contributed by atoms with van der Waals surface area (Å²) in [4.78, 5) is 14.4. The van der Waals surface area contributed by atoms with Crippen LogP contribution in [0.15, 0.2) is 37.8 Å². The predicted molar refractivity (Wildman–Crippen MR) is 90.5 cm³/mol. The maximum absolute atomic E-state index is 12.6. The number of nitrogens with zero attached hydrogens (tertiary/aromatic N) is 4. The van der Waals surface area contributed by atoms with Gasteiger partial charge in [-0.3, -0.25) is 4.79 Å². The molecule has 0 spiro atoms. The molecule has 0 aliphatic carbocycles. The fourth-order valence-electron chi connectivity index (χ4n) is 3.05. The summed E-state index contributed by atoms with van der Waals surface area (Å²) in [5.74, 6) is 2.59. The first-order valence-electron chi connectivity index (χ1n) is 8.75. The van der Waals surface area contributed by atoms with Gasteiger partial charge < -0.3 is 18.3 Å². The second-order valence-corrected chi connectivity index (χ2v) is 6.75. The van der Waals surface area contributed by atoms with Gasteiger partial charge in [0.2, 0.25) is 17.5 Å². The highest BCUT2D eigenvalue weighted by Gasteiger charge is 2.29. The lowest BCUT2D eigenvalue weighted by Gasteiger charge is -2.29. The number of carbonyl (C=O) groups excluding carboxylic acids is 1. The second-order valence-electron chi connectivity index (χ2n) is 6.75. The van der Waals surface area contributed by atoms with Crippen LogP contribution < -0.4 is 0 Å². The SMILES string of the molecule is CC(C)c1nnc(C2CCN(C(=O)c3cc(-c4ccco4)on3)CC2)o1. The van der Waals surface area contributed by atoms with Crippen LogP contribution in [-0.2, 0) is 0 Å². The van der Waals surface area contributed by atoms with Crippen LogP contribution in [0.3, 0.4) is 0 Å². The van der Waals surface area contributed by atoms with Crippen molar-refractivity contribution >= 4 is 5.91 Å². The number of piperidine rings is 1. The van der Waals surface area contributed by atoms with Gasteiger partial charge in [0.15, 0.2) is 11.5 Å². The third-order valence-corrected chi connectivity index (χ3v) is 4.57. The molecule has 8 nitrogen and oxygen atoms in total. The van der Waals surface area contributed by atoms with Crippen LogP contribution in [0.4, 0.5) is 0 Å². The Labute approximate surface area is 150 Å². The van der Waals surface area contributed by atoms with E-state index < -0.39 is 0 Å². The van der Waals surface area contributed by atoms with Crippen molar-refractivity contribution in [3.05, 3.63) is 41.9 Å². The van der Waals surface area contributed by atoms with E-state index in [2.05, 4.69) is 15.4 Å². The smallest absolute Gasteiger partial charge is 0.276 e. The Kier molecular flexibility index (Phi) is 4.32. The van der Waals surface area contributed by atoms with Crippen molar-refractivity contribution in [1.29, 1.82) is 0 Å². The molecule has 3 aromatic heterocycles. The number of likely N-dealkylation sites (tertiary alicyclic amines) is 1. The highest BCUT2D eigenvalue weighted by molar-refractivity contribution is 5.93. The topological polar surface area (TPSA) is 98.4 Å². The number of rotatable bonds is 4. The Morgan fingerprint density at radius 2 is 2.04 bits per heavy atom. The fraction of sp³-hybridized carbons (Fsp3) is 0.444. The molecule has 1 saturated heterocycles. The molecule has 0 aromatic carbocycles. The van der Waals surface area contributed by atoms with Crippen molar-refractivity contribution in [3.63, 3.8) is 0 Å². The van der Waals surface area contributed by atoms with E-state index in [1.807, 2.05) is 13.8 Å². The van der Waals surface area contributed by atoms with Crippen molar-refractivity contribution in [2.24, 2.45) is 0 Å². The zero-order valence-electron chi connectivity index (χ0n) is 14.7. The van der Waals surface area contributed by atoms with Crippen molar-refractivity contribution in [2.75, 3.05) is 13.1 Å². The average molecular weight is 356 g/mol. The van der Waals surface area contributed by atoms with Gasteiger partial charge in [0.1, 0.15) is 0 Å². The van der Waals surface area contributed by atoms with Crippen molar-refractivity contribution in [3.8, 4) is 11.5 Å². The minimum absolute atomic E-state index is 0.140. The first-order valence-corrected chi connectivity index (χ1v) is 8.75. The minimum Gasteiger partial charge on any atom is -0.461 e. The Bertz CT molecular complexity index is 873. The molecule has 1 aliphatic heterocycles. The number of hydrogen-bond donors (Lipinski definition) is 0. The Balaban J connectivity index is 1.39. The predicted octanol–water partition coefficient (Wildman–Crippen LogP) is 3.46. The molecule has 3 aromatic rings. The molecule has 8 heteroatoms. The molecular weight excluding hydrogens is 336 g/mol. The summed E-state index contributed by atoms with van der Waals surface area (Å²) >= 11 is 0. The number of furan rings is 1. The van der Waals surface area contributed by atoms with E-state index in [9.17, 15) is 4.79 Å². The van der Waals surface area contributed by atoms with Crippen molar-refractivity contribution in [1.82, 2.24) is 20.3 Å². The number of carbonyl (C=O) groups is 1. The number of amides is 1. The van der Waals surface area contributed by atoms with E-state index in [0.29, 0.717) is 36.4 Å². The molecule has 4 rings (SSSR count). The van der Waals surface area contributed by atoms with Crippen molar-refractivity contribution < 1.29 is 18.2 Å². The van der Waals surface area contributed by atoms with Crippen LogP contribution in [0.25, 0.3) is 11.5 Å². The van der Waals surface area contributed by atoms with E-state index in [0.717, 1.165) is 12.8 Å². The fourth-order valence-corrected chi connectivity index (χ4v) is 3.05. The molecule has 4 heterocycles. The molecule has 26 heavy (non-hydrogen) atoms. The third kappa shape index (κ3) is 3.14. The van der Waals surface area contributed by atoms with Crippen LogP contribution in [0.2, 0.25) is 0 Å². The van der Waals surface area contributed by atoms with E-state index in [1.165, 1.54) is 0 Å². The van der Waals surface area contributed by atoms with Crippen LogP contribution >= 0.6 is 0 Å². The molecule has 0 N–H and O–H groups in total. The van der Waals surface area contributed by atoms with Crippen LogP contribution in [0.1, 0.15) is 60.8 Å². The molecule has 0 unspecified atom stereocenters. The number of hydrogen-bond acceptors (Lipinski definition) is 7. The van der Waals surface area contributed by atoms with Gasteiger partial charge in [-0.25, -0.2) is 0 Å². The minimum atomic E-state index is -0.140. The molecule has 1 amide bonds. The molecule has 0 radical (unpaired) electrons. The summed E-state index contributed by atoms with van der Waals surface area (Å²) in [5.41, 5.74) is 0.287. The Morgan fingerprint density at radius 1 is 1.23 bits per heavy atom. The van der Waals surface area contributed by atoms with Crippen LogP contribution in [0.5, 0.6) is 0 Å².